The smallest absolute Gasteiger partial charge is 0.354 e. The van der Waals surface area contributed by atoms with Gasteiger partial charge in [-0.05, 0) is 31.4 Å². The Balaban J connectivity index is 1.94. The number of piperidine rings is 1. The van der Waals surface area contributed by atoms with Crippen molar-refractivity contribution in [3.8, 4) is 0 Å². The summed E-state index contributed by atoms with van der Waals surface area (Å²) >= 11 is 0. The third-order valence-electron chi connectivity index (χ3n) is 4.24. The first-order chi connectivity index (χ1) is 10.3. The fourth-order valence-electron chi connectivity index (χ4n) is 3.03. The third-order valence-corrected chi connectivity index (χ3v) is 4.24. The predicted octanol–water partition coefficient (Wildman–Crippen LogP) is 2.26. The molecule has 2 atom stereocenters. The molecule has 0 saturated carbocycles. The van der Waals surface area contributed by atoms with Crippen LogP contribution in [0.15, 0.2) is 24.3 Å². The quantitative estimate of drug-likeness (QED) is 0.865. The van der Waals surface area contributed by atoms with Crippen LogP contribution in [0.2, 0.25) is 0 Å². The molecule has 3 rings (SSSR count). The molecule has 2 saturated heterocycles. The van der Waals surface area contributed by atoms with E-state index in [4.69, 9.17) is 4.74 Å². The number of hydrogen-bond acceptors (Lipinski definition) is 3. The number of amides is 1. The summed E-state index contributed by atoms with van der Waals surface area (Å²) in [4.78, 5) is 14.0. The largest absolute Gasteiger partial charge is 0.416 e. The lowest BCUT2D eigenvalue weighted by Crippen LogP contribution is -2.60. The van der Waals surface area contributed by atoms with Crippen molar-refractivity contribution in [3.05, 3.63) is 35.4 Å². The molecule has 1 aromatic rings. The number of carbonyl (C=O) groups is 1. The van der Waals surface area contributed by atoms with Crippen LogP contribution in [-0.2, 0) is 21.5 Å². The number of rotatable bonds is 1. The minimum atomic E-state index is -4.54. The second-order valence-electron chi connectivity index (χ2n) is 5.68. The predicted molar refractivity (Wildman–Crippen MR) is 70.6 cm³/mol. The molecule has 1 amide bonds. The van der Waals surface area contributed by atoms with E-state index in [1.165, 1.54) is 11.0 Å². The summed E-state index contributed by atoms with van der Waals surface area (Å²) in [7, 11) is 0. The maximum atomic E-state index is 12.8. The minimum Gasteiger partial charge on any atom is -0.354 e. The molecule has 2 aliphatic rings. The van der Waals surface area contributed by atoms with Gasteiger partial charge in [-0.15, -0.1) is 0 Å². The molecule has 0 aromatic heterocycles. The van der Waals surface area contributed by atoms with Gasteiger partial charge in [0.25, 0.3) is 11.7 Å². The molecular formula is C15H16F3NO3. The van der Waals surface area contributed by atoms with Gasteiger partial charge in [0.2, 0.25) is 0 Å². The lowest BCUT2D eigenvalue weighted by molar-refractivity contribution is -0.250. The molecule has 0 spiro atoms. The highest BCUT2D eigenvalue weighted by Gasteiger charge is 2.49. The van der Waals surface area contributed by atoms with E-state index in [9.17, 15) is 23.1 Å². The van der Waals surface area contributed by atoms with Crippen molar-refractivity contribution in [2.45, 2.75) is 37.3 Å². The Bertz CT molecular complexity index is 590. The van der Waals surface area contributed by atoms with Crippen molar-refractivity contribution in [1.82, 2.24) is 4.90 Å². The van der Waals surface area contributed by atoms with Gasteiger partial charge in [0.1, 0.15) is 0 Å². The molecule has 4 nitrogen and oxygen atoms in total. The second-order valence-corrected chi connectivity index (χ2v) is 5.68. The van der Waals surface area contributed by atoms with E-state index in [1.54, 1.807) is 0 Å². The summed E-state index contributed by atoms with van der Waals surface area (Å²) in [5, 5.41) is 10.6. The Morgan fingerprint density at radius 3 is 2.82 bits per heavy atom. The number of benzene rings is 1. The molecular weight excluding hydrogens is 299 g/mol. The minimum absolute atomic E-state index is 0.104. The molecule has 2 heterocycles. The summed E-state index contributed by atoms with van der Waals surface area (Å²) in [5.74, 6) is -3.02. The number of morpholine rings is 1. The van der Waals surface area contributed by atoms with Gasteiger partial charge in [0, 0.05) is 12.1 Å². The van der Waals surface area contributed by atoms with Gasteiger partial charge in [-0.1, -0.05) is 12.1 Å². The molecule has 0 bridgehead atoms. The fourth-order valence-corrected chi connectivity index (χ4v) is 3.03. The summed E-state index contributed by atoms with van der Waals surface area (Å²) < 4.78 is 43.7. The molecule has 2 fully saturated rings. The van der Waals surface area contributed by atoms with Crippen LogP contribution in [0.25, 0.3) is 0 Å². The van der Waals surface area contributed by atoms with Crippen molar-refractivity contribution >= 4 is 5.91 Å². The van der Waals surface area contributed by atoms with Gasteiger partial charge < -0.3 is 14.7 Å². The number of aliphatic hydroxyl groups is 1. The van der Waals surface area contributed by atoms with Crippen LogP contribution in [0.4, 0.5) is 13.2 Å². The topological polar surface area (TPSA) is 49.8 Å². The van der Waals surface area contributed by atoms with Crippen molar-refractivity contribution < 1.29 is 27.8 Å². The van der Waals surface area contributed by atoms with E-state index in [2.05, 4.69) is 0 Å². The van der Waals surface area contributed by atoms with Gasteiger partial charge in [-0.3, -0.25) is 4.79 Å². The Morgan fingerprint density at radius 2 is 2.09 bits per heavy atom. The SMILES string of the molecule is O=C1N2CCCCC2COC1(O)c1cccc(C(F)(F)F)c1. The zero-order valence-corrected chi connectivity index (χ0v) is 11.8. The van der Waals surface area contributed by atoms with E-state index in [1.807, 2.05) is 0 Å². The maximum absolute atomic E-state index is 12.8. The van der Waals surface area contributed by atoms with E-state index in [0.29, 0.717) is 6.54 Å². The lowest BCUT2D eigenvalue weighted by Gasteiger charge is -2.45. The first-order valence-corrected chi connectivity index (χ1v) is 7.17. The number of nitrogens with zero attached hydrogens (tertiary/aromatic N) is 1. The van der Waals surface area contributed by atoms with Crippen molar-refractivity contribution in [2.75, 3.05) is 13.2 Å². The van der Waals surface area contributed by atoms with Crippen LogP contribution in [0.3, 0.4) is 0 Å². The molecule has 2 unspecified atom stereocenters. The standard InChI is InChI=1S/C15H16F3NO3/c16-15(17,18)11-5-3-4-10(8-11)14(21)13(20)19-7-2-1-6-12(19)9-22-14/h3-5,8,12,21H,1-2,6-7,9H2. The highest BCUT2D eigenvalue weighted by Crippen LogP contribution is 2.37. The Labute approximate surface area is 125 Å². The van der Waals surface area contributed by atoms with Crippen molar-refractivity contribution in [1.29, 1.82) is 0 Å². The number of ether oxygens (including phenoxy) is 1. The van der Waals surface area contributed by atoms with E-state index >= 15 is 0 Å². The molecule has 0 radical (unpaired) electrons. The van der Waals surface area contributed by atoms with Crippen molar-refractivity contribution in [2.24, 2.45) is 0 Å². The maximum Gasteiger partial charge on any atom is 0.416 e. The molecule has 22 heavy (non-hydrogen) atoms. The average molecular weight is 315 g/mol. The molecule has 7 heteroatoms. The molecule has 1 aromatic carbocycles. The number of fused-ring (bicyclic) bond motifs is 1. The fraction of sp³-hybridized carbons (Fsp3) is 0.533. The molecule has 2 aliphatic heterocycles. The highest BCUT2D eigenvalue weighted by molar-refractivity contribution is 5.86. The third kappa shape index (κ3) is 2.48. The summed E-state index contributed by atoms with van der Waals surface area (Å²) in [6, 6.07) is 3.99. The zero-order valence-electron chi connectivity index (χ0n) is 11.8. The zero-order chi connectivity index (χ0) is 16.0. The molecule has 1 N–H and O–H groups in total. The van der Waals surface area contributed by atoms with Crippen LogP contribution in [0, 0.1) is 0 Å². The summed E-state index contributed by atoms with van der Waals surface area (Å²) in [6.45, 7) is 0.618. The Kier molecular flexibility index (Phi) is 3.65. The average Bonchev–Trinajstić information content (AvgIpc) is 2.51. The first kappa shape index (κ1) is 15.3. The second kappa shape index (κ2) is 5.24. The van der Waals surface area contributed by atoms with Crippen LogP contribution >= 0.6 is 0 Å². The monoisotopic (exact) mass is 315 g/mol. The molecule has 0 aliphatic carbocycles. The number of halogens is 3. The van der Waals surface area contributed by atoms with Crippen LogP contribution < -0.4 is 0 Å². The highest BCUT2D eigenvalue weighted by atomic mass is 19.4. The summed E-state index contributed by atoms with van der Waals surface area (Å²) in [5.41, 5.74) is -1.10. The number of hydrogen-bond donors (Lipinski definition) is 1. The summed E-state index contributed by atoms with van der Waals surface area (Å²) in [6.07, 6.45) is -1.97. The van der Waals surface area contributed by atoms with E-state index < -0.39 is 23.4 Å². The van der Waals surface area contributed by atoms with Crippen LogP contribution in [0.5, 0.6) is 0 Å². The Morgan fingerprint density at radius 1 is 1.32 bits per heavy atom. The number of alkyl halides is 3. The normalized spacial score (nSPS) is 29.4. The van der Waals surface area contributed by atoms with Crippen LogP contribution in [0.1, 0.15) is 30.4 Å². The van der Waals surface area contributed by atoms with Gasteiger partial charge in [-0.2, -0.15) is 13.2 Å². The van der Waals surface area contributed by atoms with Crippen LogP contribution in [-0.4, -0.2) is 35.1 Å². The van der Waals surface area contributed by atoms with Gasteiger partial charge in [0.05, 0.1) is 18.2 Å². The van der Waals surface area contributed by atoms with E-state index in [0.717, 1.165) is 37.5 Å². The van der Waals surface area contributed by atoms with E-state index in [-0.39, 0.29) is 18.2 Å². The van der Waals surface area contributed by atoms with Gasteiger partial charge >= 0.3 is 6.18 Å². The molecule has 120 valence electrons. The van der Waals surface area contributed by atoms with Gasteiger partial charge in [0.15, 0.2) is 0 Å². The van der Waals surface area contributed by atoms with Crippen molar-refractivity contribution in [3.63, 3.8) is 0 Å². The van der Waals surface area contributed by atoms with Gasteiger partial charge in [-0.25, -0.2) is 0 Å². The Hall–Kier alpha value is -1.60. The number of carbonyl (C=O) groups excluding carboxylic acids is 1. The first-order valence-electron chi connectivity index (χ1n) is 7.17. The lowest BCUT2D eigenvalue weighted by atomic mass is 9.95.